The first kappa shape index (κ1) is 18.5. The number of fused-ring (bicyclic) bond motifs is 1. The SMILES string of the molecule is COc1cc2c(cc1OC)[C@H](c1ccccc1F)N(Cc1cncn1C)CC2. The molecule has 2 aromatic carbocycles. The smallest absolute Gasteiger partial charge is 0.161 e. The van der Waals surface area contributed by atoms with E-state index in [1.54, 1.807) is 26.6 Å². The van der Waals surface area contributed by atoms with Gasteiger partial charge in [-0.3, -0.25) is 4.90 Å². The van der Waals surface area contributed by atoms with Gasteiger partial charge in [0.25, 0.3) is 0 Å². The van der Waals surface area contributed by atoms with Crippen molar-refractivity contribution in [1.29, 1.82) is 0 Å². The minimum atomic E-state index is -0.209. The van der Waals surface area contributed by atoms with Gasteiger partial charge in [-0.1, -0.05) is 18.2 Å². The molecule has 28 heavy (non-hydrogen) atoms. The normalized spacial score (nSPS) is 16.6. The highest BCUT2D eigenvalue weighted by atomic mass is 19.1. The molecule has 0 N–H and O–H groups in total. The Hall–Kier alpha value is -2.86. The summed E-state index contributed by atoms with van der Waals surface area (Å²) in [5.74, 6) is 1.16. The van der Waals surface area contributed by atoms with Gasteiger partial charge in [-0.15, -0.1) is 0 Å². The average molecular weight is 381 g/mol. The highest BCUT2D eigenvalue weighted by Crippen LogP contribution is 2.42. The van der Waals surface area contributed by atoms with Crippen LogP contribution in [0.15, 0.2) is 48.9 Å². The Labute approximate surface area is 164 Å². The molecular formula is C22H24FN3O2. The van der Waals surface area contributed by atoms with Gasteiger partial charge in [-0.2, -0.15) is 0 Å². The number of aryl methyl sites for hydroxylation is 1. The fraction of sp³-hybridized carbons (Fsp3) is 0.318. The van der Waals surface area contributed by atoms with Crippen molar-refractivity contribution in [3.63, 3.8) is 0 Å². The Bertz CT molecular complexity index is 986. The summed E-state index contributed by atoms with van der Waals surface area (Å²) in [6, 6.07) is 10.8. The number of imidazole rings is 1. The molecule has 5 nitrogen and oxygen atoms in total. The van der Waals surface area contributed by atoms with Gasteiger partial charge >= 0.3 is 0 Å². The first-order valence-electron chi connectivity index (χ1n) is 9.30. The maximum Gasteiger partial charge on any atom is 0.161 e. The van der Waals surface area contributed by atoms with Crippen molar-refractivity contribution in [2.24, 2.45) is 7.05 Å². The van der Waals surface area contributed by atoms with Crippen LogP contribution in [0.2, 0.25) is 0 Å². The molecule has 4 rings (SSSR count). The molecule has 0 aliphatic carbocycles. The Morgan fingerprint density at radius 3 is 2.54 bits per heavy atom. The van der Waals surface area contributed by atoms with E-state index in [1.807, 2.05) is 42.1 Å². The summed E-state index contributed by atoms with van der Waals surface area (Å²) in [4.78, 5) is 6.52. The maximum atomic E-state index is 14.8. The molecule has 1 aliphatic rings. The number of hydrogen-bond acceptors (Lipinski definition) is 4. The van der Waals surface area contributed by atoms with E-state index in [1.165, 1.54) is 6.07 Å². The van der Waals surface area contributed by atoms with Crippen LogP contribution in [-0.2, 0) is 20.0 Å². The summed E-state index contributed by atoms with van der Waals surface area (Å²) in [6.07, 6.45) is 4.51. The number of ether oxygens (including phenoxy) is 2. The summed E-state index contributed by atoms with van der Waals surface area (Å²) < 4.78 is 27.8. The second kappa shape index (κ2) is 7.64. The molecule has 0 fully saturated rings. The van der Waals surface area contributed by atoms with Gasteiger partial charge in [-0.05, 0) is 35.7 Å². The summed E-state index contributed by atoms with van der Waals surface area (Å²) in [5, 5.41) is 0. The van der Waals surface area contributed by atoms with Crippen molar-refractivity contribution < 1.29 is 13.9 Å². The number of halogens is 1. The van der Waals surface area contributed by atoms with E-state index >= 15 is 0 Å². The highest BCUT2D eigenvalue weighted by Gasteiger charge is 2.32. The third kappa shape index (κ3) is 3.24. The molecule has 0 unspecified atom stereocenters. The quantitative estimate of drug-likeness (QED) is 0.675. The van der Waals surface area contributed by atoms with Gasteiger partial charge in [0.1, 0.15) is 5.82 Å². The molecule has 0 spiro atoms. The van der Waals surface area contributed by atoms with E-state index in [4.69, 9.17) is 9.47 Å². The third-order valence-corrected chi connectivity index (χ3v) is 5.45. The summed E-state index contributed by atoms with van der Waals surface area (Å²) >= 11 is 0. The van der Waals surface area contributed by atoms with Crippen molar-refractivity contribution in [3.05, 3.63) is 77.1 Å². The predicted octanol–water partition coefficient (Wildman–Crippen LogP) is 3.72. The Morgan fingerprint density at radius 2 is 1.86 bits per heavy atom. The molecule has 6 heteroatoms. The van der Waals surface area contributed by atoms with Gasteiger partial charge in [0, 0.05) is 31.9 Å². The predicted molar refractivity (Wildman–Crippen MR) is 105 cm³/mol. The Morgan fingerprint density at radius 1 is 1.11 bits per heavy atom. The largest absolute Gasteiger partial charge is 0.493 e. The third-order valence-electron chi connectivity index (χ3n) is 5.45. The summed E-state index contributed by atoms with van der Waals surface area (Å²) in [6.45, 7) is 1.50. The minimum Gasteiger partial charge on any atom is -0.493 e. The van der Waals surface area contributed by atoms with Crippen LogP contribution < -0.4 is 9.47 Å². The topological polar surface area (TPSA) is 39.5 Å². The lowest BCUT2D eigenvalue weighted by molar-refractivity contribution is 0.196. The number of aromatic nitrogens is 2. The zero-order valence-corrected chi connectivity index (χ0v) is 16.4. The summed E-state index contributed by atoms with van der Waals surface area (Å²) in [5.41, 5.74) is 3.96. The first-order valence-corrected chi connectivity index (χ1v) is 9.30. The van der Waals surface area contributed by atoms with E-state index in [0.29, 0.717) is 23.6 Å². The number of rotatable bonds is 5. The lowest BCUT2D eigenvalue weighted by Crippen LogP contribution is -2.36. The van der Waals surface area contributed by atoms with Crippen LogP contribution in [0.1, 0.15) is 28.4 Å². The molecule has 0 saturated carbocycles. The minimum absolute atomic E-state index is 0.204. The van der Waals surface area contributed by atoms with Gasteiger partial charge in [0.05, 0.1) is 32.3 Å². The fourth-order valence-electron chi connectivity index (χ4n) is 3.97. The van der Waals surface area contributed by atoms with Crippen LogP contribution in [0.3, 0.4) is 0 Å². The van der Waals surface area contributed by atoms with Gasteiger partial charge in [0.15, 0.2) is 11.5 Å². The van der Waals surface area contributed by atoms with Gasteiger partial charge < -0.3 is 14.0 Å². The van der Waals surface area contributed by atoms with E-state index < -0.39 is 0 Å². The van der Waals surface area contributed by atoms with E-state index in [2.05, 4.69) is 9.88 Å². The molecule has 0 bridgehead atoms. The molecular weight excluding hydrogens is 357 g/mol. The van der Waals surface area contributed by atoms with Crippen LogP contribution in [-0.4, -0.2) is 35.2 Å². The highest BCUT2D eigenvalue weighted by molar-refractivity contribution is 5.51. The molecule has 0 radical (unpaired) electrons. The average Bonchev–Trinajstić information content (AvgIpc) is 3.12. The monoisotopic (exact) mass is 381 g/mol. The van der Waals surface area contributed by atoms with Crippen LogP contribution in [0.4, 0.5) is 4.39 Å². The number of benzene rings is 2. The van der Waals surface area contributed by atoms with Crippen molar-refractivity contribution in [2.75, 3.05) is 20.8 Å². The number of nitrogens with zero attached hydrogens (tertiary/aromatic N) is 3. The molecule has 0 saturated heterocycles. The zero-order valence-electron chi connectivity index (χ0n) is 16.4. The van der Waals surface area contributed by atoms with Crippen LogP contribution >= 0.6 is 0 Å². The van der Waals surface area contributed by atoms with Crippen molar-refractivity contribution in [3.8, 4) is 11.5 Å². The van der Waals surface area contributed by atoms with Crippen molar-refractivity contribution >= 4 is 0 Å². The Kier molecular flexibility index (Phi) is 5.05. The summed E-state index contributed by atoms with van der Waals surface area (Å²) in [7, 11) is 5.24. The maximum absolute atomic E-state index is 14.8. The van der Waals surface area contributed by atoms with Crippen LogP contribution in [0.5, 0.6) is 11.5 Å². The van der Waals surface area contributed by atoms with Crippen LogP contribution in [0, 0.1) is 5.82 Å². The van der Waals surface area contributed by atoms with E-state index in [-0.39, 0.29) is 11.9 Å². The molecule has 1 atom stereocenters. The second-order valence-corrected chi connectivity index (χ2v) is 7.05. The van der Waals surface area contributed by atoms with E-state index in [9.17, 15) is 4.39 Å². The standard InChI is InChI=1S/C22H24FN3O2/c1-25-14-24-12-16(25)13-26-9-8-15-10-20(27-2)21(28-3)11-18(15)22(26)17-6-4-5-7-19(17)23/h4-7,10-12,14,22H,8-9,13H2,1-3H3/t22-/m0/s1. The van der Waals surface area contributed by atoms with Gasteiger partial charge in [-0.25, -0.2) is 9.37 Å². The lowest BCUT2D eigenvalue weighted by Gasteiger charge is -2.38. The fourth-order valence-corrected chi connectivity index (χ4v) is 3.97. The lowest BCUT2D eigenvalue weighted by atomic mass is 9.87. The molecule has 1 aliphatic heterocycles. The second-order valence-electron chi connectivity index (χ2n) is 7.05. The van der Waals surface area contributed by atoms with Crippen molar-refractivity contribution in [2.45, 2.75) is 19.0 Å². The Balaban J connectivity index is 1.83. The van der Waals surface area contributed by atoms with Gasteiger partial charge in [0.2, 0.25) is 0 Å². The molecule has 146 valence electrons. The first-order chi connectivity index (χ1) is 13.6. The molecule has 1 aromatic heterocycles. The van der Waals surface area contributed by atoms with E-state index in [0.717, 1.165) is 29.8 Å². The molecule has 3 aromatic rings. The molecule has 0 amide bonds. The number of hydrogen-bond donors (Lipinski definition) is 0. The molecule has 2 heterocycles. The van der Waals surface area contributed by atoms with Crippen LogP contribution in [0.25, 0.3) is 0 Å². The van der Waals surface area contributed by atoms with Crippen molar-refractivity contribution in [1.82, 2.24) is 14.5 Å². The zero-order chi connectivity index (χ0) is 19.7. The number of methoxy groups -OCH3 is 2.